The first kappa shape index (κ1) is 10.5. The van der Waals surface area contributed by atoms with Crippen LogP contribution in [0.1, 0.15) is 24.2 Å². The lowest BCUT2D eigenvalue weighted by atomic mass is 10.1. The molecule has 0 atom stereocenters. The summed E-state index contributed by atoms with van der Waals surface area (Å²) >= 11 is 0. The average molecular weight is 247 g/mol. The normalized spacial score (nSPS) is 17.3. The molecule has 3 heteroatoms. The van der Waals surface area contributed by atoms with Crippen LogP contribution in [0.3, 0.4) is 0 Å². The van der Waals surface area contributed by atoms with E-state index in [2.05, 4.69) is 41.4 Å². The summed E-state index contributed by atoms with van der Waals surface area (Å²) in [7, 11) is 0. The van der Waals surface area contributed by atoms with Crippen LogP contribution >= 0.6 is 0 Å². The van der Waals surface area contributed by atoms with Gasteiger partial charge < -0.3 is 0 Å². The zero-order valence-corrected chi connectivity index (χ0v) is 10.5. The van der Waals surface area contributed by atoms with Gasteiger partial charge in [-0.25, -0.2) is 9.50 Å². The largest absolute Gasteiger partial charge is 0.235 e. The van der Waals surface area contributed by atoms with E-state index in [4.69, 9.17) is 5.10 Å². The molecule has 2 aromatic rings. The predicted octanol–water partition coefficient (Wildman–Crippen LogP) is 3.42. The first-order valence-electron chi connectivity index (χ1n) is 6.49. The minimum absolute atomic E-state index is 0.901. The molecule has 19 heavy (non-hydrogen) atoms. The monoisotopic (exact) mass is 247 g/mol. The molecular formula is C16H13N3. The highest BCUT2D eigenvalue weighted by Gasteiger charge is 2.12. The van der Waals surface area contributed by atoms with Gasteiger partial charge in [0.25, 0.3) is 0 Å². The smallest absolute Gasteiger partial charge is 0.154 e. The molecule has 3 nitrogen and oxygen atoms in total. The van der Waals surface area contributed by atoms with E-state index in [9.17, 15) is 0 Å². The Morgan fingerprint density at radius 3 is 2.47 bits per heavy atom. The average Bonchev–Trinajstić information content (AvgIpc) is 3.18. The highest BCUT2D eigenvalue weighted by Crippen LogP contribution is 2.25. The molecule has 0 unspecified atom stereocenters. The molecule has 0 radical (unpaired) electrons. The number of nitrogens with zero attached hydrogens (tertiary/aromatic N) is 3. The number of hydrogen-bond donors (Lipinski definition) is 0. The maximum absolute atomic E-state index is 4.74. The molecule has 0 amide bonds. The third-order valence-electron chi connectivity index (χ3n) is 3.56. The Hall–Kier alpha value is -2.42. The second kappa shape index (κ2) is 4.05. The molecule has 0 saturated carbocycles. The fourth-order valence-electron chi connectivity index (χ4n) is 2.54. The molecule has 0 bridgehead atoms. The van der Waals surface area contributed by atoms with Gasteiger partial charge in [0, 0.05) is 0 Å². The Balaban J connectivity index is 1.85. The van der Waals surface area contributed by atoms with E-state index in [1.54, 1.807) is 0 Å². The quantitative estimate of drug-likeness (QED) is 0.814. The van der Waals surface area contributed by atoms with Gasteiger partial charge in [0.2, 0.25) is 0 Å². The third-order valence-corrected chi connectivity index (χ3v) is 3.56. The second-order valence-electron chi connectivity index (χ2n) is 4.78. The SMILES string of the molecule is C1=CCC(c2ccc3ncc(C4=CC=CC4)n3n2)=C1. The van der Waals surface area contributed by atoms with Crippen LogP contribution in [-0.4, -0.2) is 14.6 Å². The van der Waals surface area contributed by atoms with Gasteiger partial charge in [0.1, 0.15) is 0 Å². The first-order chi connectivity index (χ1) is 9.42. The summed E-state index contributed by atoms with van der Waals surface area (Å²) in [4.78, 5) is 4.43. The van der Waals surface area contributed by atoms with Crippen molar-refractivity contribution in [2.24, 2.45) is 0 Å². The van der Waals surface area contributed by atoms with Gasteiger partial charge in [-0.2, -0.15) is 5.10 Å². The van der Waals surface area contributed by atoms with Crippen LogP contribution < -0.4 is 0 Å². The van der Waals surface area contributed by atoms with Crippen LogP contribution in [0.15, 0.2) is 54.8 Å². The fraction of sp³-hybridized carbons (Fsp3) is 0.125. The molecule has 0 fully saturated rings. The van der Waals surface area contributed by atoms with E-state index in [1.165, 1.54) is 11.1 Å². The number of hydrogen-bond acceptors (Lipinski definition) is 2. The summed E-state index contributed by atoms with van der Waals surface area (Å²) < 4.78 is 1.95. The van der Waals surface area contributed by atoms with Gasteiger partial charge in [-0.1, -0.05) is 36.5 Å². The highest BCUT2D eigenvalue weighted by atomic mass is 15.3. The topological polar surface area (TPSA) is 30.2 Å². The third kappa shape index (κ3) is 1.66. The molecule has 4 rings (SSSR count). The van der Waals surface area contributed by atoms with Crippen LogP contribution in [0.4, 0.5) is 0 Å². The maximum atomic E-state index is 4.74. The molecule has 2 heterocycles. The zero-order chi connectivity index (χ0) is 12.7. The highest BCUT2D eigenvalue weighted by molar-refractivity contribution is 5.72. The standard InChI is InChI=1S/C16H13N3/c1-2-6-12(5-1)14-9-10-16-17-11-15(19(16)18-14)13-7-3-4-8-13/h1-5,7,9-11H,6,8H2. The zero-order valence-electron chi connectivity index (χ0n) is 10.5. The van der Waals surface area contributed by atoms with Crippen LogP contribution in [0.2, 0.25) is 0 Å². The van der Waals surface area contributed by atoms with E-state index in [-0.39, 0.29) is 0 Å². The van der Waals surface area contributed by atoms with Crippen molar-refractivity contribution in [1.29, 1.82) is 0 Å². The number of fused-ring (bicyclic) bond motifs is 1. The molecule has 0 aliphatic heterocycles. The molecule has 2 aliphatic carbocycles. The molecular weight excluding hydrogens is 234 g/mol. The Morgan fingerprint density at radius 2 is 1.74 bits per heavy atom. The van der Waals surface area contributed by atoms with Crippen molar-refractivity contribution in [1.82, 2.24) is 14.6 Å². The van der Waals surface area contributed by atoms with Gasteiger partial charge >= 0.3 is 0 Å². The van der Waals surface area contributed by atoms with E-state index in [0.717, 1.165) is 29.9 Å². The second-order valence-corrected chi connectivity index (χ2v) is 4.78. The maximum Gasteiger partial charge on any atom is 0.154 e. The number of imidazole rings is 1. The lowest BCUT2D eigenvalue weighted by Gasteiger charge is -2.05. The van der Waals surface area contributed by atoms with Gasteiger partial charge in [-0.3, -0.25) is 0 Å². The Kier molecular flexibility index (Phi) is 2.24. The van der Waals surface area contributed by atoms with Crippen molar-refractivity contribution < 1.29 is 0 Å². The van der Waals surface area contributed by atoms with Crippen LogP contribution in [0.25, 0.3) is 16.8 Å². The summed E-state index contributed by atoms with van der Waals surface area (Å²) in [5, 5.41) is 4.74. The van der Waals surface area contributed by atoms with Crippen molar-refractivity contribution in [3.63, 3.8) is 0 Å². The van der Waals surface area contributed by atoms with Crippen molar-refractivity contribution in [3.8, 4) is 0 Å². The molecule has 92 valence electrons. The molecule has 0 spiro atoms. The molecule has 2 aromatic heterocycles. The Labute approximate surface area is 111 Å². The minimum atomic E-state index is 0.901. The summed E-state index contributed by atoms with van der Waals surface area (Å²) in [6, 6.07) is 4.08. The fourth-order valence-corrected chi connectivity index (χ4v) is 2.54. The van der Waals surface area contributed by atoms with Gasteiger partial charge in [-0.15, -0.1) is 0 Å². The van der Waals surface area contributed by atoms with Gasteiger partial charge in [0.05, 0.1) is 17.6 Å². The lowest BCUT2D eigenvalue weighted by molar-refractivity contribution is 0.903. The van der Waals surface area contributed by atoms with Gasteiger partial charge in [0.15, 0.2) is 5.65 Å². The van der Waals surface area contributed by atoms with E-state index >= 15 is 0 Å². The van der Waals surface area contributed by atoms with Crippen molar-refractivity contribution in [2.75, 3.05) is 0 Å². The Bertz CT molecular complexity index is 772. The van der Waals surface area contributed by atoms with Crippen LogP contribution in [0, 0.1) is 0 Å². The summed E-state index contributed by atoms with van der Waals surface area (Å²) in [5.41, 5.74) is 5.56. The molecule has 0 N–H and O–H groups in total. The molecule has 0 saturated heterocycles. The Morgan fingerprint density at radius 1 is 0.947 bits per heavy atom. The van der Waals surface area contributed by atoms with E-state index in [0.29, 0.717) is 0 Å². The van der Waals surface area contributed by atoms with Crippen LogP contribution in [-0.2, 0) is 0 Å². The molecule has 0 aromatic carbocycles. The minimum Gasteiger partial charge on any atom is -0.235 e. The van der Waals surface area contributed by atoms with Crippen LogP contribution in [0.5, 0.6) is 0 Å². The number of rotatable bonds is 2. The van der Waals surface area contributed by atoms with Crippen molar-refractivity contribution >= 4 is 16.8 Å². The van der Waals surface area contributed by atoms with E-state index < -0.39 is 0 Å². The van der Waals surface area contributed by atoms with Gasteiger partial charge in [-0.05, 0) is 36.1 Å². The predicted molar refractivity (Wildman–Crippen MR) is 76.5 cm³/mol. The van der Waals surface area contributed by atoms with Crippen molar-refractivity contribution in [2.45, 2.75) is 12.8 Å². The van der Waals surface area contributed by atoms with Crippen molar-refractivity contribution in [3.05, 3.63) is 66.2 Å². The molecule has 2 aliphatic rings. The lowest BCUT2D eigenvalue weighted by Crippen LogP contribution is -2.00. The summed E-state index contributed by atoms with van der Waals surface area (Å²) in [6.07, 6.45) is 16.6. The van der Waals surface area contributed by atoms with E-state index in [1.807, 2.05) is 22.8 Å². The first-order valence-corrected chi connectivity index (χ1v) is 6.49. The summed E-state index contributed by atoms with van der Waals surface area (Å²) in [5.74, 6) is 0. The number of allylic oxidation sites excluding steroid dienone is 8. The summed E-state index contributed by atoms with van der Waals surface area (Å²) in [6.45, 7) is 0. The number of aromatic nitrogens is 3.